The van der Waals surface area contributed by atoms with Gasteiger partial charge in [0.05, 0.1) is 5.69 Å². The van der Waals surface area contributed by atoms with Crippen LogP contribution in [-0.2, 0) is 26.4 Å². The Morgan fingerprint density at radius 3 is 2.67 bits per heavy atom. The minimum atomic E-state index is 0.561. The van der Waals surface area contributed by atoms with Crippen molar-refractivity contribution in [1.29, 1.82) is 0 Å². The fourth-order valence-corrected chi connectivity index (χ4v) is 4.00. The molecule has 5 heteroatoms. The summed E-state index contributed by atoms with van der Waals surface area (Å²) in [4.78, 5) is 4.88. The molecule has 2 aromatic heterocycles. The molecule has 0 N–H and O–H groups in total. The molecule has 4 rings (SSSR count). The van der Waals surface area contributed by atoms with Crippen molar-refractivity contribution in [2.45, 2.75) is 52.0 Å². The van der Waals surface area contributed by atoms with Crippen LogP contribution in [0, 0.1) is 11.3 Å². The van der Waals surface area contributed by atoms with E-state index in [-0.39, 0.29) is 0 Å². The monoisotopic (exact) mass is 306 g/mol. The molecule has 0 radical (unpaired) electrons. The molecule has 0 unspecified atom stereocenters. The number of imidazole rings is 1. The second kappa shape index (κ2) is 4.73. The van der Waals surface area contributed by atoms with Gasteiger partial charge in [0.25, 0.3) is 0 Å². The molecule has 21 heavy (non-hydrogen) atoms. The minimum Gasteiger partial charge on any atom is -0.312 e. The van der Waals surface area contributed by atoms with Crippen molar-refractivity contribution in [1.82, 2.24) is 19.3 Å². The van der Waals surface area contributed by atoms with Gasteiger partial charge in [-0.1, -0.05) is 6.92 Å². The number of aryl methyl sites for hydroxylation is 3. The number of hydrogen-bond donors (Lipinski definition) is 0. The molecule has 2 aliphatic carbocycles. The third kappa shape index (κ3) is 2.10. The van der Waals surface area contributed by atoms with Gasteiger partial charge in [0, 0.05) is 25.9 Å². The molecule has 2 heterocycles. The number of hydrogen-bond acceptors (Lipinski definition) is 2. The maximum absolute atomic E-state index is 6.00. The fraction of sp³-hybridized carbons (Fsp3) is 0.750. The predicted molar refractivity (Wildman–Crippen MR) is 84.7 cm³/mol. The number of nitrogens with zero attached hydrogens (tertiary/aromatic N) is 4. The molecule has 2 aliphatic rings. The summed E-state index contributed by atoms with van der Waals surface area (Å²) in [5.41, 5.74) is 3.95. The van der Waals surface area contributed by atoms with Crippen LogP contribution in [0.4, 0.5) is 0 Å². The molecule has 114 valence electrons. The molecular formula is C16H23ClN4. The van der Waals surface area contributed by atoms with E-state index in [9.17, 15) is 0 Å². The first-order valence-electron chi connectivity index (χ1n) is 8.15. The van der Waals surface area contributed by atoms with Crippen LogP contribution >= 0.6 is 11.6 Å². The van der Waals surface area contributed by atoms with Gasteiger partial charge >= 0.3 is 0 Å². The number of rotatable bonds is 6. The molecule has 0 spiro atoms. The highest BCUT2D eigenvalue weighted by Gasteiger charge is 2.54. The van der Waals surface area contributed by atoms with Crippen molar-refractivity contribution in [2.75, 3.05) is 5.88 Å². The standard InChI is InChI=1S/C16H23ClN4/c1-3-12-14-15(20(2)19-12)21(13(18-14)6-9-17)10-16(7-8-16)11-4-5-11/h11H,3-10H2,1-2H3. The Hall–Kier alpha value is -1.03. The molecule has 0 atom stereocenters. The molecule has 2 aromatic rings. The molecule has 0 amide bonds. The van der Waals surface area contributed by atoms with Gasteiger partial charge in [-0.25, -0.2) is 4.98 Å². The Morgan fingerprint density at radius 2 is 2.10 bits per heavy atom. The number of fused-ring (bicyclic) bond motifs is 1. The average Bonchev–Trinajstić information content (AvgIpc) is 3.35. The van der Waals surface area contributed by atoms with Crippen molar-refractivity contribution < 1.29 is 0 Å². The third-order valence-electron chi connectivity index (χ3n) is 5.33. The van der Waals surface area contributed by atoms with Gasteiger partial charge < -0.3 is 4.57 Å². The van der Waals surface area contributed by atoms with Crippen LogP contribution in [0.2, 0.25) is 0 Å². The molecule has 0 bridgehead atoms. The van der Waals surface area contributed by atoms with Crippen LogP contribution in [0.15, 0.2) is 0 Å². The molecule has 0 aromatic carbocycles. The SMILES string of the molecule is CCc1nn(C)c2c1nc(CCCl)n2CC1(C2CC2)CC1. The van der Waals surface area contributed by atoms with E-state index in [0.717, 1.165) is 42.3 Å². The zero-order chi connectivity index (χ0) is 14.6. The van der Waals surface area contributed by atoms with Crippen molar-refractivity contribution >= 4 is 22.8 Å². The van der Waals surface area contributed by atoms with E-state index in [1.165, 1.54) is 31.3 Å². The quantitative estimate of drug-likeness (QED) is 0.768. The Balaban J connectivity index is 1.80. The zero-order valence-electron chi connectivity index (χ0n) is 12.9. The first-order valence-corrected chi connectivity index (χ1v) is 8.69. The van der Waals surface area contributed by atoms with Crippen LogP contribution in [0.1, 0.15) is 44.1 Å². The fourth-order valence-electron chi connectivity index (χ4n) is 3.83. The summed E-state index contributed by atoms with van der Waals surface area (Å²) < 4.78 is 4.44. The second-order valence-electron chi connectivity index (χ2n) is 6.79. The first kappa shape index (κ1) is 13.6. The van der Waals surface area contributed by atoms with Gasteiger partial charge in [0.2, 0.25) is 0 Å². The smallest absolute Gasteiger partial charge is 0.158 e. The summed E-state index contributed by atoms with van der Waals surface area (Å²) >= 11 is 6.00. The zero-order valence-corrected chi connectivity index (χ0v) is 13.7. The van der Waals surface area contributed by atoms with E-state index >= 15 is 0 Å². The normalized spacial score (nSPS) is 20.3. The maximum atomic E-state index is 6.00. The van der Waals surface area contributed by atoms with E-state index in [0.29, 0.717) is 11.3 Å². The summed E-state index contributed by atoms with van der Waals surface area (Å²) in [6.07, 6.45) is 7.40. The highest BCUT2D eigenvalue weighted by Crippen LogP contribution is 2.62. The second-order valence-corrected chi connectivity index (χ2v) is 7.16. The Kier molecular flexibility index (Phi) is 3.07. The Bertz CT molecular complexity index is 676. The van der Waals surface area contributed by atoms with Crippen molar-refractivity contribution in [3.63, 3.8) is 0 Å². The largest absolute Gasteiger partial charge is 0.312 e. The van der Waals surface area contributed by atoms with Gasteiger partial charge in [0.1, 0.15) is 11.3 Å². The molecular weight excluding hydrogens is 284 g/mol. The third-order valence-corrected chi connectivity index (χ3v) is 5.52. The minimum absolute atomic E-state index is 0.561. The lowest BCUT2D eigenvalue weighted by Gasteiger charge is -2.17. The van der Waals surface area contributed by atoms with Crippen LogP contribution in [0.3, 0.4) is 0 Å². The van der Waals surface area contributed by atoms with Gasteiger partial charge in [-0.3, -0.25) is 4.68 Å². The first-order chi connectivity index (χ1) is 10.2. The lowest BCUT2D eigenvalue weighted by Crippen LogP contribution is -2.17. The number of halogens is 1. The topological polar surface area (TPSA) is 35.6 Å². The van der Waals surface area contributed by atoms with E-state index in [1.807, 2.05) is 11.7 Å². The maximum Gasteiger partial charge on any atom is 0.158 e. The Morgan fingerprint density at radius 1 is 1.33 bits per heavy atom. The summed E-state index contributed by atoms with van der Waals surface area (Å²) in [5, 5.41) is 4.64. The van der Waals surface area contributed by atoms with Crippen LogP contribution in [-0.4, -0.2) is 25.2 Å². The van der Waals surface area contributed by atoms with E-state index in [1.54, 1.807) is 0 Å². The van der Waals surface area contributed by atoms with E-state index in [2.05, 4.69) is 16.6 Å². The number of alkyl halides is 1. The predicted octanol–water partition coefficient (Wildman–Crippen LogP) is 3.30. The van der Waals surface area contributed by atoms with Crippen molar-refractivity contribution in [3.8, 4) is 0 Å². The number of aromatic nitrogens is 4. The van der Waals surface area contributed by atoms with Crippen molar-refractivity contribution in [2.24, 2.45) is 18.4 Å². The summed E-state index contributed by atoms with van der Waals surface area (Å²) in [5.74, 6) is 2.74. The van der Waals surface area contributed by atoms with Crippen LogP contribution in [0.5, 0.6) is 0 Å². The van der Waals surface area contributed by atoms with Gasteiger partial charge in [0.15, 0.2) is 5.65 Å². The lowest BCUT2D eigenvalue weighted by molar-refractivity contribution is 0.367. The van der Waals surface area contributed by atoms with Crippen LogP contribution < -0.4 is 0 Å². The average molecular weight is 307 g/mol. The highest BCUT2D eigenvalue weighted by atomic mass is 35.5. The lowest BCUT2D eigenvalue weighted by atomic mass is 10.0. The molecule has 2 fully saturated rings. The van der Waals surface area contributed by atoms with Gasteiger partial charge in [-0.05, 0) is 43.4 Å². The molecule has 4 nitrogen and oxygen atoms in total. The van der Waals surface area contributed by atoms with Crippen molar-refractivity contribution in [3.05, 3.63) is 11.5 Å². The van der Waals surface area contributed by atoms with Gasteiger partial charge in [-0.15, -0.1) is 11.6 Å². The van der Waals surface area contributed by atoms with Gasteiger partial charge in [-0.2, -0.15) is 5.10 Å². The van der Waals surface area contributed by atoms with E-state index < -0.39 is 0 Å². The summed E-state index contributed by atoms with van der Waals surface area (Å²) in [7, 11) is 2.04. The summed E-state index contributed by atoms with van der Waals surface area (Å²) in [6, 6.07) is 0. The molecule has 0 saturated heterocycles. The summed E-state index contributed by atoms with van der Waals surface area (Å²) in [6.45, 7) is 3.26. The molecule has 2 saturated carbocycles. The molecule has 0 aliphatic heterocycles. The van der Waals surface area contributed by atoms with Crippen LogP contribution in [0.25, 0.3) is 11.2 Å². The highest BCUT2D eigenvalue weighted by molar-refractivity contribution is 6.17. The Labute approximate surface area is 130 Å². The van der Waals surface area contributed by atoms with E-state index in [4.69, 9.17) is 16.6 Å².